The molecule has 2 aromatic rings. The second-order valence-electron chi connectivity index (χ2n) is 4.30. The van der Waals surface area contributed by atoms with Crippen LogP contribution >= 0.6 is 11.6 Å². The molecule has 6 heteroatoms. The molecule has 1 atom stereocenters. The Hall–Kier alpha value is -2.53. The molecular formula is C15H12ClNO4. The lowest BCUT2D eigenvalue weighted by molar-refractivity contribution is -0.116. The third-order valence-corrected chi connectivity index (χ3v) is 3.27. The zero-order valence-electron chi connectivity index (χ0n) is 10.8. The van der Waals surface area contributed by atoms with Crippen LogP contribution in [0.3, 0.4) is 0 Å². The van der Waals surface area contributed by atoms with Crippen LogP contribution in [0.25, 0.3) is 0 Å². The number of hydrogen-bond donors (Lipinski definition) is 3. The highest BCUT2D eigenvalue weighted by Crippen LogP contribution is 2.27. The third kappa shape index (κ3) is 3.52. The normalized spacial score (nSPS) is 11.7. The van der Waals surface area contributed by atoms with E-state index < -0.39 is 17.3 Å². The van der Waals surface area contributed by atoms with Crippen molar-refractivity contribution in [2.75, 3.05) is 5.32 Å². The average molecular weight is 306 g/mol. The number of anilines is 1. The number of amides is 1. The van der Waals surface area contributed by atoms with Crippen molar-refractivity contribution < 1.29 is 19.8 Å². The number of rotatable bonds is 4. The van der Waals surface area contributed by atoms with Crippen LogP contribution in [-0.2, 0) is 4.79 Å². The van der Waals surface area contributed by atoms with E-state index in [1.807, 2.05) is 0 Å². The van der Waals surface area contributed by atoms with Gasteiger partial charge in [0.15, 0.2) is 0 Å². The molecule has 5 nitrogen and oxygen atoms in total. The van der Waals surface area contributed by atoms with Crippen LogP contribution in [0, 0.1) is 0 Å². The van der Waals surface area contributed by atoms with Crippen LogP contribution in [0.2, 0.25) is 0 Å². The summed E-state index contributed by atoms with van der Waals surface area (Å²) in [5.41, 5.74) is 0.556. The number of benzene rings is 2. The number of phenolic OH excluding ortho intramolecular Hbond substituents is 1. The molecule has 0 aliphatic carbocycles. The molecule has 108 valence electrons. The van der Waals surface area contributed by atoms with Crippen molar-refractivity contribution in [3.63, 3.8) is 0 Å². The van der Waals surface area contributed by atoms with Crippen molar-refractivity contribution >= 4 is 29.2 Å². The van der Waals surface area contributed by atoms with E-state index in [2.05, 4.69) is 5.32 Å². The summed E-state index contributed by atoms with van der Waals surface area (Å²) in [6.07, 6.45) is 0. The number of carbonyl (C=O) groups is 2. The number of carboxylic acid groups (broad SMARTS) is 1. The van der Waals surface area contributed by atoms with Gasteiger partial charge < -0.3 is 15.5 Å². The molecular weight excluding hydrogens is 294 g/mol. The Labute approximate surface area is 125 Å². The number of aromatic carboxylic acids is 1. The lowest BCUT2D eigenvalue weighted by Crippen LogP contribution is -2.17. The first kappa shape index (κ1) is 14.9. The third-order valence-electron chi connectivity index (χ3n) is 2.82. The Kier molecular flexibility index (Phi) is 4.45. The van der Waals surface area contributed by atoms with E-state index in [-0.39, 0.29) is 17.0 Å². The molecule has 0 fully saturated rings. The Morgan fingerprint density at radius 2 is 1.76 bits per heavy atom. The predicted octanol–water partition coefficient (Wildman–Crippen LogP) is 3.01. The van der Waals surface area contributed by atoms with Gasteiger partial charge in [0.05, 0.1) is 11.3 Å². The van der Waals surface area contributed by atoms with Gasteiger partial charge in [0.2, 0.25) is 5.91 Å². The summed E-state index contributed by atoms with van der Waals surface area (Å²) in [6, 6.07) is 12.3. The minimum atomic E-state index is -1.16. The largest absolute Gasteiger partial charge is 0.506 e. The Morgan fingerprint density at radius 3 is 2.38 bits per heavy atom. The SMILES string of the molecule is O=C(O)c1ccc(O)c(NC(=O)C(Cl)c2ccccc2)c1. The fourth-order valence-corrected chi connectivity index (χ4v) is 1.94. The lowest BCUT2D eigenvalue weighted by Gasteiger charge is -2.12. The van der Waals surface area contributed by atoms with Gasteiger partial charge in [-0.05, 0) is 23.8 Å². The number of carbonyl (C=O) groups excluding carboxylic acids is 1. The topological polar surface area (TPSA) is 86.6 Å². The molecule has 0 heterocycles. The standard InChI is InChI=1S/C15H12ClNO4/c16-13(9-4-2-1-3-5-9)14(19)17-11-8-10(15(20)21)6-7-12(11)18/h1-8,13,18H,(H,17,19)(H,20,21). The average Bonchev–Trinajstić information content (AvgIpc) is 2.49. The summed E-state index contributed by atoms with van der Waals surface area (Å²) in [7, 11) is 0. The summed E-state index contributed by atoms with van der Waals surface area (Å²) < 4.78 is 0. The molecule has 21 heavy (non-hydrogen) atoms. The van der Waals surface area contributed by atoms with Gasteiger partial charge in [-0.15, -0.1) is 11.6 Å². The maximum Gasteiger partial charge on any atom is 0.335 e. The van der Waals surface area contributed by atoms with Gasteiger partial charge in [0.25, 0.3) is 0 Å². The van der Waals surface area contributed by atoms with E-state index in [9.17, 15) is 14.7 Å². The van der Waals surface area contributed by atoms with E-state index >= 15 is 0 Å². The molecule has 0 spiro atoms. The highest BCUT2D eigenvalue weighted by Gasteiger charge is 2.19. The zero-order chi connectivity index (χ0) is 15.4. The van der Waals surface area contributed by atoms with Gasteiger partial charge in [-0.25, -0.2) is 4.79 Å². The van der Waals surface area contributed by atoms with E-state index in [4.69, 9.17) is 16.7 Å². The van der Waals surface area contributed by atoms with Crippen LogP contribution in [-0.4, -0.2) is 22.1 Å². The van der Waals surface area contributed by atoms with E-state index in [1.165, 1.54) is 18.2 Å². The zero-order valence-corrected chi connectivity index (χ0v) is 11.5. The van der Waals surface area contributed by atoms with Gasteiger partial charge in [0, 0.05) is 0 Å². The lowest BCUT2D eigenvalue weighted by atomic mass is 10.1. The monoisotopic (exact) mass is 305 g/mol. The number of halogens is 1. The second-order valence-corrected chi connectivity index (χ2v) is 4.74. The number of nitrogens with one attached hydrogen (secondary N) is 1. The quantitative estimate of drug-likeness (QED) is 0.598. The van der Waals surface area contributed by atoms with Gasteiger partial charge in [0.1, 0.15) is 11.1 Å². The number of carboxylic acids is 1. The Bertz CT molecular complexity index is 673. The van der Waals surface area contributed by atoms with Crippen LogP contribution in [0.15, 0.2) is 48.5 Å². The fourth-order valence-electron chi connectivity index (χ4n) is 1.74. The minimum Gasteiger partial charge on any atom is -0.506 e. The van der Waals surface area contributed by atoms with Crippen LogP contribution in [0.5, 0.6) is 5.75 Å². The Morgan fingerprint density at radius 1 is 1.10 bits per heavy atom. The van der Waals surface area contributed by atoms with Crippen molar-refractivity contribution in [2.24, 2.45) is 0 Å². The van der Waals surface area contributed by atoms with Crippen LogP contribution < -0.4 is 5.32 Å². The molecule has 0 saturated heterocycles. The minimum absolute atomic E-state index is 0.00137. The molecule has 1 unspecified atom stereocenters. The Balaban J connectivity index is 2.20. The first-order valence-electron chi connectivity index (χ1n) is 6.05. The molecule has 3 N–H and O–H groups in total. The van der Waals surface area contributed by atoms with Gasteiger partial charge in [-0.3, -0.25) is 4.79 Å². The molecule has 0 saturated carbocycles. The van der Waals surface area contributed by atoms with Gasteiger partial charge in [-0.1, -0.05) is 30.3 Å². The summed E-state index contributed by atoms with van der Waals surface area (Å²) in [6.45, 7) is 0. The van der Waals surface area contributed by atoms with Crippen molar-refractivity contribution in [3.05, 3.63) is 59.7 Å². The fraction of sp³-hybridized carbons (Fsp3) is 0.0667. The second kappa shape index (κ2) is 6.28. The summed E-state index contributed by atoms with van der Waals surface area (Å²) in [4.78, 5) is 22.9. The molecule has 0 bridgehead atoms. The highest BCUT2D eigenvalue weighted by atomic mass is 35.5. The maximum absolute atomic E-state index is 12.0. The molecule has 1 amide bonds. The number of aromatic hydroxyl groups is 1. The summed E-state index contributed by atoms with van der Waals surface area (Å²) in [5, 5.41) is 20.0. The summed E-state index contributed by atoms with van der Waals surface area (Å²) in [5.74, 6) is -1.94. The first-order chi connectivity index (χ1) is 9.99. The molecule has 2 rings (SSSR count). The van der Waals surface area contributed by atoms with Crippen molar-refractivity contribution in [1.82, 2.24) is 0 Å². The molecule has 2 aromatic carbocycles. The van der Waals surface area contributed by atoms with Gasteiger partial charge in [-0.2, -0.15) is 0 Å². The summed E-state index contributed by atoms with van der Waals surface area (Å²) >= 11 is 6.05. The molecule has 0 aliphatic heterocycles. The predicted molar refractivity (Wildman–Crippen MR) is 78.7 cm³/mol. The van der Waals surface area contributed by atoms with Crippen molar-refractivity contribution in [1.29, 1.82) is 0 Å². The van der Waals surface area contributed by atoms with Crippen molar-refractivity contribution in [2.45, 2.75) is 5.38 Å². The maximum atomic E-state index is 12.0. The molecule has 0 aliphatic rings. The molecule has 0 radical (unpaired) electrons. The van der Waals surface area contributed by atoms with Crippen molar-refractivity contribution in [3.8, 4) is 5.75 Å². The first-order valence-corrected chi connectivity index (χ1v) is 6.49. The molecule has 0 aromatic heterocycles. The number of alkyl halides is 1. The number of hydrogen-bond acceptors (Lipinski definition) is 3. The highest BCUT2D eigenvalue weighted by molar-refractivity contribution is 6.32. The van der Waals surface area contributed by atoms with Crippen LogP contribution in [0.4, 0.5) is 5.69 Å². The van der Waals surface area contributed by atoms with Gasteiger partial charge >= 0.3 is 5.97 Å². The smallest absolute Gasteiger partial charge is 0.335 e. The van der Waals surface area contributed by atoms with Crippen LogP contribution in [0.1, 0.15) is 21.3 Å². The van der Waals surface area contributed by atoms with E-state index in [1.54, 1.807) is 30.3 Å². The van der Waals surface area contributed by atoms with E-state index in [0.717, 1.165) is 0 Å². The number of phenols is 1. The van der Waals surface area contributed by atoms with E-state index in [0.29, 0.717) is 5.56 Å².